The molecule has 3 aromatic rings. The van der Waals surface area contributed by atoms with Crippen molar-refractivity contribution in [2.75, 3.05) is 0 Å². The van der Waals surface area contributed by atoms with Crippen molar-refractivity contribution in [3.8, 4) is 11.8 Å². The van der Waals surface area contributed by atoms with Gasteiger partial charge >= 0.3 is 5.97 Å². The molecule has 0 aliphatic rings. The number of nitrogens with zero attached hydrogens (tertiary/aromatic N) is 1. The van der Waals surface area contributed by atoms with Crippen molar-refractivity contribution in [3.05, 3.63) is 99.3 Å². The van der Waals surface area contributed by atoms with E-state index in [2.05, 4.69) is 22.0 Å². The predicted octanol–water partition coefficient (Wildman–Crippen LogP) is 5.93. The summed E-state index contributed by atoms with van der Waals surface area (Å²) in [5.41, 5.74) is 2.68. The number of aromatic carboxylic acids is 1. The molecule has 0 bridgehead atoms. The molecule has 1 N–H and O–H groups in total. The molecule has 3 rings (SSSR count). The van der Waals surface area contributed by atoms with Crippen molar-refractivity contribution in [1.82, 2.24) is 0 Å². The Kier molecular flexibility index (Phi) is 6.43. The van der Waals surface area contributed by atoms with Gasteiger partial charge in [0, 0.05) is 0 Å². The zero-order valence-corrected chi connectivity index (χ0v) is 16.7. The number of carboxylic acid groups (broad SMARTS) is 1. The van der Waals surface area contributed by atoms with Crippen LogP contribution in [0.25, 0.3) is 11.6 Å². The number of benzene rings is 3. The van der Waals surface area contributed by atoms with E-state index >= 15 is 0 Å². The summed E-state index contributed by atoms with van der Waals surface area (Å²) in [7, 11) is 0. The van der Waals surface area contributed by atoms with Crippen LogP contribution >= 0.6 is 15.9 Å². The molecular weight excluding hydrogens is 437 g/mol. The van der Waals surface area contributed by atoms with Crippen LogP contribution in [0.5, 0.6) is 5.75 Å². The van der Waals surface area contributed by atoms with Gasteiger partial charge in [0.15, 0.2) is 0 Å². The van der Waals surface area contributed by atoms with E-state index in [0.29, 0.717) is 21.4 Å². The highest BCUT2D eigenvalue weighted by Gasteiger charge is 2.07. The molecule has 0 unspecified atom stereocenters. The monoisotopic (exact) mass is 451 g/mol. The summed E-state index contributed by atoms with van der Waals surface area (Å²) in [5, 5.41) is 18.5. The van der Waals surface area contributed by atoms with Gasteiger partial charge in [-0.25, -0.2) is 9.18 Å². The lowest BCUT2D eigenvalue weighted by molar-refractivity contribution is 0.0697. The smallest absolute Gasteiger partial charge is 0.335 e. The minimum Gasteiger partial charge on any atom is -0.488 e. The maximum atomic E-state index is 13.3. The maximum Gasteiger partial charge on any atom is 0.335 e. The van der Waals surface area contributed by atoms with Crippen LogP contribution in [0.3, 0.4) is 0 Å². The number of halogens is 2. The molecule has 29 heavy (non-hydrogen) atoms. The summed E-state index contributed by atoms with van der Waals surface area (Å²) < 4.78 is 19.7. The topological polar surface area (TPSA) is 70.3 Å². The number of hydrogen-bond donors (Lipinski definition) is 1. The summed E-state index contributed by atoms with van der Waals surface area (Å²) in [4.78, 5) is 11.0. The van der Waals surface area contributed by atoms with Crippen molar-refractivity contribution in [1.29, 1.82) is 5.26 Å². The highest BCUT2D eigenvalue weighted by molar-refractivity contribution is 9.10. The minimum absolute atomic E-state index is 0.161. The molecule has 0 radical (unpaired) electrons. The molecule has 4 nitrogen and oxygen atoms in total. The van der Waals surface area contributed by atoms with Gasteiger partial charge in [-0.3, -0.25) is 0 Å². The number of carboxylic acids is 1. The van der Waals surface area contributed by atoms with E-state index in [-0.39, 0.29) is 18.0 Å². The van der Waals surface area contributed by atoms with Crippen molar-refractivity contribution < 1.29 is 19.0 Å². The zero-order valence-electron chi connectivity index (χ0n) is 15.1. The van der Waals surface area contributed by atoms with E-state index in [1.54, 1.807) is 42.5 Å². The fraction of sp³-hybridized carbons (Fsp3) is 0.0435. The van der Waals surface area contributed by atoms with Crippen LogP contribution in [0.2, 0.25) is 0 Å². The lowest BCUT2D eigenvalue weighted by Crippen LogP contribution is -1.97. The van der Waals surface area contributed by atoms with Gasteiger partial charge in [0.2, 0.25) is 0 Å². The first-order chi connectivity index (χ1) is 14.0. The Morgan fingerprint density at radius 2 is 1.83 bits per heavy atom. The number of rotatable bonds is 6. The van der Waals surface area contributed by atoms with Crippen molar-refractivity contribution in [3.63, 3.8) is 0 Å². The number of allylic oxidation sites excluding steroid dienone is 1. The third kappa shape index (κ3) is 5.31. The molecule has 0 fully saturated rings. The first-order valence-corrected chi connectivity index (χ1v) is 9.38. The second-order valence-corrected chi connectivity index (χ2v) is 7.02. The molecule has 0 saturated heterocycles. The number of hydrogen-bond acceptors (Lipinski definition) is 3. The second-order valence-electron chi connectivity index (χ2n) is 6.16. The fourth-order valence-electron chi connectivity index (χ4n) is 2.65. The van der Waals surface area contributed by atoms with Gasteiger partial charge in [0.05, 0.1) is 21.7 Å². The van der Waals surface area contributed by atoms with E-state index < -0.39 is 5.97 Å². The largest absolute Gasteiger partial charge is 0.488 e. The quantitative estimate of drug-likeness (QED) is 0.372. The van der Waals surface area contributed by atoms with Gasteiger partial charge in [-0.15, -0.1) is 0 Å². The van der Waals surface area contributed by atoms with Crippen LogP contribution in [0.1, 0.15) is 27.0 Å². The molecule has 0 saturated carbocycles. The highest BCUT2D eigenvalue weighted by Crippen LogP contribution is 2.29. The Labute approximate surface area is 175 Å². The third-order valence-electron chi connectivity index (χ3n) is 4.11. The van der Waals surface area contributed by atoms with E-state index in [1.807, 2.05) is 6.07 Å². The molecule has 144 valence electrons. The average Bonchev–Trinajstić information content (AvgIpc) is 2.71. The molecule has 0 amide bonds. The molecule has 0 spiro atoms. The molecular formula is C23H15BrFNO3. The van der Waals surface area contributed by atoms with Crippen LogP contribution in [-0.2, 0) is 6.61 Å². The van der Waals surface area contributed by atoms with Gasteiger partial charge in [-0.05, 0) is 75.1 Å². The highest BCUT2D eigenvalue weighted by atomic mass is 79.9. The number of nitriles is 1. The maximum absolute atomic E-state index is 13.3. The van der Waals surface area contributed by atoms with E-state index in [1.165, 1.54) is 24.3 Å². The van der Waals surface area contributed by atoms with Crippen LogP contribution in [0.15, 0.2) is 71.2 Å². The second kappa shape index (κ2) is 9.18. The van der Waals surface area contributed by atoms with Gasteiger partial charge in [-0.2, -0.15) is 5.26 Å². The van der Waals surface area contributed by atoms with Gasteiger partial charge in [0.25, 0.3) is 0 Å². The van der Waals surface area contributed by atoms with Crippen molar-refractivity contribution in [2.45, 2.75) is 6.61 Å². The SMILES string of the molecule is N#CC(=Cc1ccc(OCc2cccc(F)c2)c(Br)c1)c1ccc(C(=O)O)cc1. The average molecular weight is 452 g/mol. The van der Waals surface area contributed by atoms with Crippen molar-refractivity contribution >= 4 is 33.5 Å². The Hall–Kier alpha value is -3.43. The van der Waals surface area contributed by atoms with E-state index in [9.17, 15) is 14.4 Å². The summed E-state index contributed by atoms with van der Waals surface area (Å²) in [5.74, 6) is -0.737. The molecule has 6 heteroatoms. The van der Waals surface area contributed by atoms with Crippen LogP contribution in [0, 0.1) is 17.1 Å². The molecule has 0 atom stereocenters. The zero-order chi connectivity index (χ0) is 20.8. The van der Waals surface area contributed by atoms with E-state index in [4.69, 9.17) is 9.84 Å². The first-order valence-electron chi connectivity index (χ1n) is 8.58. The predicted molar refractivity (Wildman–Crippen MR) is 112 cm³/mol. The molecule has 0 heterocycles. The van der Waals surface area contributed by atoms with Gasteiger partial charge in [-0.1, -0.05) is 30.3 Å². The standard InChI is InChI=1S/C23H15BrFNO3/c24-21-12-15(4-9-22(21)29-14-16-2-1-3-20(25)11-16)10-19(13-26)17-5-7-18(8-6-17)23(27)28/h1-12H,14H2,(H,27,28). The first kappa shape index (κ1) is 20.3. The normalized spacial score (nSPS) is 11.0. The number of ether oxygens (including phenoxy) is 1. The Morgan fingerprint density at radius 1 is 1.10 bits per heavy atom. The Bertz CT molecular complexity index is 1120. The molecule has 0 aliphatic heterocycles. The Balaban J connectivity index is 1.77. The van der Waals surface area contributed by atoms with Crippen LogP contribution in [0.4, 0.5) is 4.39 Å². The lowest BCUT2D eigenvalue weighted by atomic mass is 10.0. The summed E-state index contributed by atoms with van der Waals surface area (Å²) in [6, 6.07) is 19.8. The van der Waals surface area contributed by atoms with Crippen molar-refractivity contribution in [2.24, 2.45) is 0 Å². The Morgan fingerprint density at radius 3 is 2.45 bits per heavy atom. The van der Waals surface area contributed by atoms with Crippen LogP contribution < -0.4 is 4.74 Å². The summed E-state index contributed by atoms with van der Waals surface area (Å²) in [6.07, 6.45) is 1.71. The van der Waals surface area contributed by atoms with Gasteiger partial charge in [0.1, 0.15) is 18.2 Å². The lowest BCUT2D eigenvalue weighted by Gasteiger charge is -2.09. The molecule has 3 aromatic carbocycles. The summed E-state index contributed by atoms with van der Waals surface area (Å²) in [6.45, 7) is 0.227. The fourth-order valence-corrected chi connectivity index (χ4v) is 3.16. The third-order valence-corrected chi connectivity index (χ3v) is 4.73. The molecule has 0 aliphatic carbocycles. The van der Waals surface area contributed by atoms with E-state index in [0.717, 1.165) is 11.1 Å². The van der Waals surface area contributed by atoms with Crippen LogP contribution in [-0.4, -0.2) is 11.1 Å². The minimum atomic E-state index is -1.02. The van der Waals surface area contributed by atoms with Gasteiger partial charge < -0.3 is 9.84 Å². The summed E-state index contributed by atoms with van der Waals surface area (Å²) >= 11 is 3.45. The molecule has 0 aromatic heterocycles. The number of carbonyl (C=O) groups is 1.